The summed E-state index contributed by atoms with van der Waals surface area (Å²) in [6.07, 6.45) is 0. The monoisotopic (exact) mass is 2610 g/mol. The topological polar surface area (TPSA) is 309 Å². The highest BCUT2D eigenvalue weighted by atomic mass is 127. The molecule has 0 unspecified atom stereocenters. The Morgan fingerprint density at radius 1 is 0.270 bits per heavy atom. The number of methoxy groups -OCH3 is 1. The van der Waals surface area contributed by atoms with Crippen LogP contribution in [-0.4, -0.2) is 104 Å². The van der Waals surface area contributed by atoms with Gasteiger partial charge in [0.1, 0.15) is 11.3 Å². The van der Waals surface area contributed by atoms with Gasteiger partial charge in [-0.3, -0.25) is 19.2 Å². The van der Waals surface area contributed by atoms with Gasteiger partial charge in [-0.1, -0.05) is 146 Å². The highest BCUT2D eigenvalue weighted by Crippen LogP contribution is 2.41. The number of halogens is 13. The second-order valence-corrected chi connectivity index (χ2v) is 51.5. The van der Waals surface area contributed by atoms with E-state index >= 15 is 0 Å². The average molecular weight is 2620 g/mol. The van der Waals surface area contributed by atoms with E-state index in [0.29, 0.717) is 25.6 Å². The average Bonchev–Trinajstić information content (AvgIpc) is 0.798. The summed E-state index contributed by atoms with van der Waals surface area (Å²) < 4.78 is 252. The van der Waals surface area contributed by atoms with Crippen molar-refractivity contribution in [3.8, 4) is 28.7 Å². The van der Waals surface area contributed by atoms with Gasteiger partial charge in [-0.05, 0) is 314 Å². The summed E-state index contributed by atoms with van der Waals surface area (Å²) in [5, 5.41) is 18.3. The number of benzene rings is 16. The lowest BCUT2D eigenvalue weighted by atomic mass is 10.2. The molecule has 0 radical (unpaired) electrons. The third kappa shape index (κ3) is 28.6. The molecule has 0 aliphatic rings. The van der Waals surface area contributed by atoms with Crippen LogP contribution < -0.4 is 18.9 Å². The van der Waals surface area contributed by atoms with E-state index in [1.54, 1.807) is 78.9 Å². The lowest BCUT2D eigenvalue weighted by molar-refractivity contribution is -0.132. The molecule has 758 valence electrons. The molecule has 2 N–H and O–H groups in total. The Labute approximate surface area is 910 Å². The first-order valence-electron chi connectivity index (χ1n) is 42.9. The van der Waals surface area contributed by atoms with E-state index < -0.39 is 205 Å². The molecular weight excluding hydrogens is 2540 g/mol. The van der Waals surface area contributed by atoms with Crippen LogP contribution in [0.5, 0.6) is 28.7 Å². The van der Waals surface area contributed by atoms with Crippen LogP contribution in [0.4, 0.5) is 39.5 Å². The minimum atomic E-state index is -4.38. The third-order valence-electron chi connectivity index (χ3n) is 20.6. The number of hydrogen-bond acceptors (Lipinski definition) is 20. The van der Waals surface area contributed by atoms with Crippen molar-refractivity contribution in [2.45, 2.75) is 84.9 Å². The molecule has 0 amide bonds. The molecule has 0 atom stereocenters. The first-order chi connectivity index (χ1) is 70.7. The molecule has 0 aliphatic carbocycles. The van der Waals surface area contributed by atoms with Gasteiger partial charge >= 0.3 is 29.8 Å². The van der Waals surface area contributed by atoms with E-state index in [2.05, 4.69) is 33.7 Å². The molecule has 0 saturated heterocycles. The number of aliphatic hydroxyl groups is 1. The summed E-state index contributed by atoms with van der Waals surface area (Å²) in [5.41, 5.74) is 0.749. The van der Waals surface area contributed by atoms with Crippen LogP contribution in [0.2, 0.25) is 0 Å². The maximum Gasteiger partial charge on any atom is 0.342 e. The van der Waals surface area contributed by atoms with Gasteiger partial charge in [0.05, 0.1) is 84.0 Å². The van der Waals surface area contributed by atoms with E-state index in [0.717, 1.165) is 58.7 Å². The summed E-state index contributed by atoms with van der Waals surface area (Å²) in [7, 11) is -17.4. The summed E-state index contributed by atoms with van der Waals surface area (Å²) >= 11 is 7.94. The number of aliphatic hydroxyl groups excluding tert-OH is 1. The molecule has 0 aliphatic heterocycles. The molecular formula is C107H75F9I4O20S8+4. The van der Waals surface area contributed by atoms with Crippen LogP contribution in [-0.2, 0) is 113 Å². The quantitative estimate of drug-likeness (QED) is 0.00803. The number of sulfone groups is 4. The zero-order valence-corrected chi connectivity index (χ0v) is 91.3. The Balaban J connectivity index is 0.000000165. The molecule has 0 fully saturated rings. The molecule has 41 heteroatoms. The predicted molar refractivity (Wildman–Crippen MR) is 572 cm³/mol. The van der Waals surface area contributed by atoms with E-state index in [1.165, 1.54) is 49.6 Å². The summed E-state index contributed by atoms with van der Waals surface area (Å²) in [4.78, 5) is 73.0. The van der Waals surface area contributed by atoms with E-state index in [-0.39, 0.29) is 37.5 Å². The smallest absolute Gasteiger partial charge is 0.342 e. The van der Waals surface area contributed by atoms with Gasteiger partial charge in [0.25, 0.3) is 0 Å². The second kappa shape index (κ2) is 51.6. The molecule has 0 bridgehead atoms. The number of aromatic hydroxyl groups is 1. The molecule has 0 aromatic heterocycles. The number of ether oxygens (including phenoxy) is 5. The standard InChI is InChI=1S/C28H21I2O6S2.C27H21I2O5S2.C26H16F5O4S2.C26H16F4O5S2/c1-35-28(32)27-24(30)16-19(29)17-25(27)36-26(31)18-38(33,34)23-14-12-22(13-15-23)37(20-8-4-2-5-9-20)21-10-6-3-7-11-21;28-24-15-19(17-30)16-25(29)27(24)34-26(31)18-36(32,33)23-13-11-22(12-14-23)35(20-7-3-1-4-8-20)21-9-5-2-6-10-21;27-21-22(28)24(30)26(25(31)23(21)29)35-20(32)15-37(33,34)19-13-11-18(12-14-19)36(16-7-3-1-4-8-16)17-9-5-2-6-10-17;27-21-23(29)26(24(30)22(28)25(21)32)35-20(31)15-37(33,34)19-13-11-18(12-14-19)36(16-7-3-1-4-8-16)17-9-5-2-6-10-17/h2-17H,18H2,1H3;1-16,30H,17-18H2;2*1-14H,15H2/q3*+1;/p+1. The fourth-order valence-electron chi connectivity index (χ4n) is 13.8. The third-order valence-corrected chi connectivity index (χ3v) is 39.1. The molecule has 148 heavy (non-hydrogen) atoms. The predicted octanol–water partition coefficient (Wildman–Crippen LogP) is 23.3. The van der Waals surface area contributed by atoms with E-state index in [4.69, 9.17) is 19.3 Å². The maximum atomic E-state index is 13.9. The summed E-state index contributed by atoms with van der Waals surface area (Å²) in [6, 6.07) is 110. The van der Waals surface area contributed by atoms with Crippen molar-refractivity contribution in [3.63, 3.8) is 0 Å². The Bertz CT molecular complexity index is 7530. The van der Waals surface area contributed by atoms with Crippen LogP contribution >= 0.6 is 90.4 Å². The number of phenolic OH excluding ortho intramolecular Hbond substituents is 1. The minimum Gasteiger partial charge on any atom is -0.503 e. The van der Waals surface area contributed by atoms with Crippen LogP contribution in [0.1, 0.15) is 15.9 Å². The molecule has 0 spiro atoms. The van der Waals surface area contributed by atoms with E-state index in [1.807, 2.05) is 309 Å². The number of carbonyl (C=O) groups is 5. The van der Waals surface area contributed by atoms with Crippen molar-refractivity contribution < 1.29 is 131 Å². The van der Waals surface area contributed by atoms with Gasteiger partial charge in [0.2, 0.25) is 63.9 Å². The summed E-state index contributed by atoms with van der Waals surface area (Å²) in [5.74, 6) is -36.3. The van der Waals surface area contributed by atoms with Gasteiger partial charge in [0.15, 0.2) is 133 Å². The Kier molecular flexibility index (Phi) is 39.5. The number of rotatable bonds is 30. The molecule has 16 rings (SSSR count). The first-order valence-corrected chi connectivity index (χ1v) is 58.7. The maximum absolute atomic E-state index is 13.9. The highest BCUT2D eigenvalue weighted by Gasteiger charge is 2.39. The van der Waals surface area contributed by atoms with Crippen molar-refractivity contribution in [2.75, 3.05) is 30.1 Å². The van der Waals surface area contributed by atoms with Gasteiger partial charge in [-0.2, -0.15) is 26.3 Å². The summed E-state index contributed by atoms with van der Waals surface area (Å²) in [6.45, 7) is -0.138. The largest absolute Gasteiger partial charge is 0.503 e. The Morgan fingerprint density at radius 3 is 0.709 bits per heavy atom. The van der Waals surface area contributed by atoms with E-state index in [9.17, 15) is 102 Å². The van der Waals surface area contributed by atoms with Gasteiger partial charge in [-0.15, -0.1) is 0 Å². The van der Waals surface area contributed by atoms with Crippen molar-refractivity contribution in [1.82, 2.24) is 0 Å². The second-order valence-electron chi connectivity index (χ2n) is 30.7. The molecule has 20 nitrogen and oxygen atoms in total. The molecule has 0 heterocycles. The SMILES string of the molecule is COC(=O)c1c(I)cc(I)cc1OC(=O)CS(=O)(=O)c1ccc([S+](c2ccccc2)c2ccccc2)cc1.O=C(CS(=O)(=O)c1ccc([S+](c2ccccc2)c2ccccc2)cc1)Oc1c(F)c(F)c(F)c(F)c1F.O=C(CS(=O)(=O)c1ccc([S+](c2ccccc2)c2ccccc2)cc1)Oc1c(F)c(F)c(O)c(F)c1F.O=C(CS(=O)(=O)c1ccc([S+](c2ccccc2)c2ccccc2)cc1)Oc1c(I)cc(CO)cc1I. The number of hydrogen-bond donors (Lipinski definition) is 2. The lowest BCUT2D eigenvalue weighted by Crippen LogP contribution is -2.22. The zero-order valence-electron chi connectivity index (χ0n) is 76.1. The van der Waals surface area contributed by atoms with Crippen LogP contribution in [0.15, 0.2) is 442 Å². The molecule has 16 aromatic rings. The van der Waals surface area contributed by atoms with Crippen LogP contribution in [0.3, 0.4) is 0 Å². The van der Waals surface area contributed by atoms with Crippen LogP contribution in [0.25, 0.3) is 0 Å². The Hall–Kier alpha value is -11.9. The van der Waals surface area contributed by atoms with Crippen molar-refractivity contribution >= 4 is 203 Å². The fourth-order valence-corrected chi connectivity index (χ4v) is 30.7. The van der Waals surface area contributed by atoms with Crippen LogP contribution in [0, 0.1) is 66.6 Å². The minimum absolute atomic E-state index is 0.00767. The highest BCUT2D eigenvalue weighted by molar-refractivity contribution is 14.1. The number of carbonyl (C=O) groups excluding carboxylic acids is 5. The van der Waals surface area contributed by atoms with Crippen molar-refractivity contribution in [3.05, 3.63) is 442 Å². The normalized spacial score (nSPS) is 11.4. The molecule has 16 aromatic carbocycles. The number of phenols is 1. The first kappa shape index (κ1) is 113. The van der Waals surface area contributed by atoms with Gasteiger partial charge in [0, 0.05) is 7.14 Å². The zero-order chi connectivity index (χ0) is 106. The van der Waals surface area contributed by atoms with Gasteiger partial charge < -0.3 is 33.9 Å². The van der Waals surface area contributed by atoms with Gasteiger partial charge in [-0.25, -0.2) is 51.6 Å². The lowest BCUT2D eigenvalue weighted by Gasteiger charge is -2.12. The Morgan fingerprint density at radius 2 is 0.480 bits per heavy atom. The van der Waals surface area contributed by atoms with Crippen molar-refractivity contribution in [1.29, 1.82) is 0 Å². The number of esters is 5. The van der Waals surface area contributed by atoms with Crippen molar-refractivity contribution in [2.24, 2.45) is 0 Å². The molecule has 0 saturated carbocycles. The fraction of sp³-hybridized carbons (Fsp3) is 0.0561.